The van der Waals surface area contributed by atoms with Crippen molar-refractivity contribution >= 4 is 15.8 Å². The van der Waals surface area contributed by atoms with Crippen LogP contribution in [-0.2, 0) is 10.0 Å². The molecule has 1 N–H and O–H groups in total. The molecule has 1 aromatic rings. The van der Waals surface area contributed by atoms with Gasteiger partial charge >= 0.3 is 0 Å². The van der Waals surface area contributed by atoms with E-state index in [2.05, 4.69) is 0 Å². The van der Waals surface area contributed by atoms with E-state index >= 15 is 0 Å². The molecule has 20 heavy (non-hydrogen) atoms. The summed E-state index contributed by atoms with van der Waals surface area (Å²) in [4.78, 5) is 11.4. The Morgan fingerprint density at radius 2 is 1.75 bits per heavy atom. The lowest BCUT2D eigenvalue weighted by Crippen LogP contribution is -2.28. The van der Waals surface area contributed by atoms with E-state index in [1.165, 1.54) is 42.5 Å². The molecule has 0 atom stereocenters. The Balaban J connectivity index is 2.74. The second kappa shape index (κ2) is 7.52. The molecule has 0 aliphatic heterocycles. The Bertz CT molecular complexity index is 537. The van der Waals surface area contributed by atoms with Crippen molar-refractivity contribution in [1.29, 1.82) is 0 Å². The number of sulfonamides is 1. The van der Waals surface area contributed by atoms with E-state index in [-0.39, 0.29) is 17.3 Å². The molecule has 0 aliphatic carbocycles. The first-order valence-corrected chi connectivity index (χ1v) is 8.02. The van der Waals surface area contributed by atoms with E-state index in [4.69, 9.17) is 5.11 Å². The molecule has 0 amide bonds. The van der Waals surface area contributed by atoms with Crippen LogP contribution in [0, 0.1) is 0 Å². The third-order valence-electron chi connectivity index (χ3n) is 3.10. The summed E-state index contributed by atoms with van der Waals surface area (Å²) in [5, 5.41) is 8.68. The minimum Gasteiger partial charge on any atom is -0.396 e. The summed E-state index contributed by atoms with van der Waals surface area (Å²) in [6, 6.07) is 5.95. The SMILES string of the molecule is CC(=O)c1ccc(S(=O)(=O)N(C)CCCCCO)cc1. The van der Waals surface area contributed by atoms with Crippen molar-refractivity contribution in [3.05, 3.63) is 29.8 Å². The van der Waals surface area contributed by atoms with E-state index in [9.17, 15) is 13.2 Å². The number of carbonyl (C=O) groups is 1. The number of hydrogen-bond acceptors (Lipinski definition) is 4. The van der Waals surface area contributed by atoms with Crippen LogP contribution in [0.25, 0.3) is 0 Å². The summed E-state index contributed by atoms with van der Waals surface area (Å²) in [6.45, 7) is 1.98. The zero-order chi connectivity index (χ0) is 15.2. The highest BCUT2D eigenvalue weighted by atomic mass is 32.2. The van der Waals surface area contributed by atoms with Gasteiger partial charge in [-0.3, -0.25) is 4.79 Å². The van der Waals surface area contributed by atoms with Crippen molar-refractivity contribution in [1.82, 2.24) is 4.31 Å². The minimum atomic E-state index is -3.51. The molecular formula is C14H21NO4S. The van der Waals surface area contributed by atoms with Crippen LogP contribution in [0.2, 0.25) is 0 Å². The second-order valence-electron chi connectivity index (χ2n) is 4.69. The molecule has 0 fully saturated rings. The maximum atomic E-state index is 12.3. The van der Waals surface area contributed by atoms with Crippen LogP contribution in [0.3, 0.4) is 0 Å². The third kappa shape index (κ3) is 4.40. The number of aliphatic hydroxyl groups excluding tert-OH is 1. The minimum absolute atomic E-state index is 0.0914. The smallest absolute Gasteiger partial charge is 0.242 e. The Labute approximate surface area is 120 Å². The second-order valence-corrected chi connectivity index (χ2v) is 6.74. The normalized spacial score (nSPS) is 11.8. The number of benzene rings is 1. The van der Waals surface area contributed by atoms with Crippen molar-refractivity contribution in [3.63, 3.8) is 0 Å². The topological polar surface area (TPSA) is 74.7 Å². The molecule has 0 spiro atoms. The summed E-state index contributed by atoms with van der Waals surface area (Å²) in [5.41, 5.74) is 0.495. The Morgan fingerprint density at radius 1 is 1.15 bits per heavy atom. The molecule has 1 aromatic carbocycles. The van der Waals surface area contributed by atoms with Gasteiger partial charge in [-0.05, 0) is 38.3 Å². The van der Waals surface area contributed by atoms with Crippen LogP contribution in [0.1, 0.15) is 36.5 Å². The highest BCUT2D eigenvalue weighted by Gasteiger charge is 2.20. The fourth-order valence-electron chi connectivity index (χ4n) is 1.78. The lowest BCUT2D eigenvalue weighted by Gasteiger charge is -2.17. The number of Topliss-reactive ketones (excluding diaryl/α,β-unsaturated/α-hetero) is 1. The maximum absolute atomic E-state index is 12.3. The summed E-state index contributed by atoms with van der Waals surface area (Å²) < 4.78 is 25.8. The van der Waals surface area contributed by atoms with E-state index in [1.807, 2.05) is 0 Å². The van der Waals surface area contributed by atoms with Gasteiger partial charge in [-0.1, -0.05) is 12.1 Å². The van der Waals surface area contributed by atoms with Crippen molar-refractivity contribution in [2.24, 2.45) is 0 Å². The van der Waals surface area contributed by atoms with Crippen molar-refractivity contribution in [2.45, 2.75) is 31.1 Å². The Hall–Kier alpha value is -1.24. The van der Waals surface area contributed by atoms with Gasteiger partial charge in [0.15, 0.2) is 5.78 Å². The quantitative estimate of drug-likeness (QED) is 0.585. The molecule has 0 radical (unpaired) electrons. The Kier molecular flexibility index (Phi) is 6.32. The molecule has 0 heterocycles. The first kappa shape index (κ1) is 16.8. The molecule has 0 saturated heterocycles. The molecule has 0 aliphatic rings. The molecule has 5 nitrogen and oxygen atoms in total. The van der Waals surface area contributed by atoms with Crippen molar-refractivity contribution in [3.8, 4) is 0 Å². The highest BCUT2D eigenvalue weighted by molar-refractivity contribution is 7.89. The molecule has 0 saturated carbocycles. The highest BCUT2D eigenvalue weighted by Crippen LogP contribution is 2.16. The number of unbranched alkanes of at least 4 members (excludes halogenated alkanes) is 2. The molecule has 0 bridgehead atoms. The first-order chi connectivity index (χ1) is 9.39. The summed E-state index contributed by atoms with van der Waals surface area (Å²) in [6.07, 6.45) is 2.18. The fraction of sp³-hybridized carbons (Fsp3) is 0.500. The van der Waals surface area contributed by atoms with E-state index in [0.717, 1.165) is 6.42 Å². The predicted molar refractivity (Wildman–Crippen MR) is 77.2 cm³/mol. The van der Waals surface area contributed by atoms with Gasteiger partial charge in [0.25, 0.3) is 0 Å². The Morgan fingerprint density at radius 3 is 2.25 bits per heavy atom. The standard InChI is InChI=1S/C14H21NO4S/c1-12(17)13-6-8-14(9-7-13)20(18,19)15(2)10-4-3-5-11-16/h6-9,16H,3-5,10-11H2,1-2H3. The van der Waals surface area contributed by atoms with E-state index in [0.29, 0.717) is 24.9 Å². The van der Waals surface area contributed by atoms with Gasteiger partial charge in [0.2, 0.25) is 10.0 Å². The molecule has 112 valence electrons. The van der Waals surface area contributed by atoms with Crippen molar-refractivity contribution in [2.75, 3.05) is 20.2 Å². The zero-order valence-electron chi connectivity index (χ0n) is 11.9. The largest absolute Gasteiger partial charge is 0.396 e. The molecular weight excluding hydrogens is 278 g/mol. The van der Waals surface area contributed by atoms with Crippen LogP contribution in [-0.4, -0.2) is 43.8 Å². The number of hydrogen-bond donors (Lipinski definition) is 1. The number of nitrogens with zero attached hydrogens (tertiary/aromatic N) is 1. The fourth-order valence-corrected chi connectivity index (χ4v) is 2.99. The maximum Gasteiger partial charge on any atom is 0.242 e. The average molecular weight is 299 g/mol. The number of rotatable bonds is 8. The summed E-state index contributed by atoms with van der Waals surface area (Å²) in [5.74, 6) is -0.0914. The van der Waals surface area contributed by atoms with Gasteiger partial charge in [0.05, 0.1) is 4.90 Å². The summed E-state index contributed by atoms with van der Waals surface area (Å²) in [7, 11) is -1.97. The van der Waals surface area contributed by atoms with Gasteiger partial charge in [-0.25, -0.2) is 12.7 Å². The summed E-state index contributed by atoms with van der Waals surface area (Å²) >= 11 is 0. The number of carbonyl (C=O) groups excluding carboxylic acids is 1. The van der Waals surface area contributed by atoms with Crippen LogP contribution in [0.4, 0.5) is 0 Å². The average Bonchev–Trinajstić information content (AvgIpc) is 2.43. The van der Waals surface area contributed by atoms with Gasteiger partial charge in [-0.2, -0.15) is 0 Å². The van der Waals surface area contributed by atoms with E-state index < -0.39 is 10.0 Å². The molecule has 0 aromatic heterocycles. The van der Waals surface area contributed by atoms with Crippen molar-refractivity contribution < 1.29 is 18.3 Å². The van der Waals surface area contributed by atoms with Gasteiger partial charge in [-0.15, -0.1) is 0 Å². The van der Waals surface area contributed by atoms with Crippen LogP contribution < -0.4 is 0 Å². The molecule has 0 unspecified atom stereocenters. The van der Waals surface area contributed by atoms with Gasteiger partial charge in [0, 0.05) is 25.8 Å². The monoisotopic (exact) mass is 299 g/mol. The predicted octanol–water partition coefficient (Wildman–Crippen LogP) is 1.67. The molecule has 6 heteroatoms. The van der Waals surface area contributed by atoms with Crippen LogP contribution in [0.15, 0.2) is 29.2 Å². The van der Waals surface area contributed by atoms with Crippen LogP contribution in [0.5, 0.6) is 0 Å². The lowest BCUT2D eigenvalue weighted by atomic mass is 10.2. The number of aliphatic hydroxyl groups is 1. The number of ketones is 1. The lowest BCUT2D eigenvalue weighted by molar-refractivity contribution is 0.101. The third-order valence-corrected chi connectivity index (χ3v) is 4.97. The van der Waals surface area contributed by atoms with E-state index in [1.54, 1.807) is 0 Å². The first-order valence-electron chi connectivity index (χ1n) is 6.58. The zero-order valence-corrected chi connectivity index (χ0v) is 12.7. The van der Waals surface area contributed by atoms with Crippen LogP contribution >= 0.6 is 0 Å². The van der Waals surface area contributed by atoms with Gasteiger partial charge in [0.1, 0.15) is 0 Å². The molecule has 1 rings (SSSR count). The van der Waals surface area contributed by atoms with Gasteiger partial charge < -0.3 is 5.11 Å².